The Balaban J connectivity index is 2.37. The lowest BCUT2D eigenvalue weighted by Gasteiger charge is -2.09. The minimum absolute atomic E-state index is 0.0711. The van der Waals surface area contributed by atoms with E-state index in [9.17, 15) is 13.2 Å². The summed E-state index contributed by atoms with van der Waals surface area (Å²) in [4.78, 5) is 3.96. The van der Waals surface area contributed by atoms with Crippen molar-refractivity contribution in [2.75, 3.05) is 0 Å². The predicted molar refractivity (Wildman–Crippen MR) is 69.9 cm³/mol. The van der Waals surface area contributed by atoms with Gasteiger partial charge in [0.2, 0.25) is 0 Å². The van der Waals surface area contributed by atoms with Gasteiger partial charge in [0.15, 0.2) is 0 Å². The van der Waals surface area contributed by atoms with Gasteiger partial charge in [-0.2, -0.15) is 13.2 Å². The van der Waals surface area contributed by atoms with E-state index in [1.807, 2.05) is 31.2 Å². The lowest BCUT2D eigenvalue weighted by molar-refractivity contribution is -0.137. The van der Waals surface area contributed by atoms with Crippen LogP contribution >= 0.6 is 0 Å². The molecule has 1 nitrogen and oxygen atoms in total. The van der Waals surface area contributed by atoms with Crippen molar-refractivity contribution in [1.82, 2.24) is 0 Å². The summed E-state index contributed by atoms with van der Waals surface area (Å²) < 4.78 is 38.3. The van der Waals surface area contributed by atoms with Crippen LogP contribution in [0.3, 0.4) is 0 Å². The van der Waals surface area contributed by atoms with E-state index < -0.39 is 11.7 Å². The van der Waals surface area contributed by atoms with Crippen molar-refractivity contribution in [3.05, 3.63) is 65.2 Å². The van der Waals surface area contributed by atoms with Gasteiger partial charge in [-0.1, -0.05) is 36.4 Å². The van der Waals surface area contributed by atoms with Gasteiger partial charge in [-0.05, 0) is 30.2 Å². The van der Waals surface area contributed by atoms with E-state index in [2.05, 4.69) is 4.99 Å². The molecule has 0 unspecified atom stereocenters. The van der Waals surface area contributed by atoms with E-state index in [0.717, 1.165) is 17.2 Å². The fourth-order valence-corrected chi connectivity index (χ4v) is 1.70. The SMILES string of the molecule is Cc1ccccc1C=Nc1ccccc1C(F)(F)F. The van der Waals surface area contributed by atoms with Gasteiger partial charge in [-0.3, -0.25) is 4.99 Å². The van der Waals surface area contributed by atoms with Crippen molar-refractivity contribution in [3.8, 4) is 0 Å². The van der Waals surface area contributed by atoms with Crippen molar-refractivity contribution < 1.29 is 13.2 Å². The number of benzene rings is 2. The van der Waals surface area contributed by atoms with Crippen LogP contribution in [0, 0.1) is 6.92 Å². The largest absolute Gasteiger partial charge is 0.418 e. The van der Waals surface area contributed by atoms with E-state index in [0.29, 0.717) is 0 Å². The molecule has 0 N–H and O–H groups in total. The molecule has 0 aromatic heterocycles. The highest BCUT2D eigenvalue weighted by atomic mass is 19.4. The van der Waals surface area contributed by atoms with Gasteiger partial charge >= 0.3 is 6.18 Å². The molecule has 19 heavy (non-hydrogen) atoms. The number of hydrogen-bond acceptors (Lipinski definition) is 1. The molecule has 2 aromatic carbocycles. The molecule has 4 heteroatoms. The monoisotopic (exact) mass is 263 g/mol. The molecule has 0 atom stereocenters. The number of aliphatic imine (C=N–C) groups is 1. The number of aryl methyl sites for hydroxylation is 1. The van der Waals surface area contributed by atoms with E-state index in [1.54, 1.807) is 6.07 Å². The molecule has 0 aliphatic rings. The minimum atomic E-state index is -4.39. The summed E-state index contributed by atoms with van der Waals surface area (Å²) in [6.45, 7) is 1.89. The molecule has 0 spiro atoms. The predicted octanol–water partition coefficient (Wildman–Crippen LogP) is 4.76. The van der Waals surface area contributed by atoms with Crippen molar-refractivity contribution in [1.29, 1.82) is 0 Å². The van der Waals surface area contributed by atoms with E-state index in [-0.39, 0.29) is 5.69 Å². The second-order valence-electron chi connectivity index (χ2n) is 4.13. The quantitative estimate of drug-likeness (QED) is 0.692. The van der Waals surface area contributed by atoms with Crippen molar-refractivity contribution in [2.45, 2.75) is 13.1 Å². The minimum Gasteiger partial charge on any atom is -0.256 e. The Kier molecular flexibility index (Phi) is 3.69. The van der Waals surface area contributed by atoms with E-state index in [1.165, 1.54) is 18.3 Å². The van der Waals surface area contributed by atoms with Gasteiger partial charge in [-0.25, -0.2) is 0 Å². The van der Waals surface area contributed by atoms with Gasteiger partial charge < -0.3 is 0 Å². The molecular formula is C15H12F3N. The first-order valence-electron chi connectivity index (χ1n) is 5.74. The number of hydrogen-bond donors (Lipinski definition) is 0. The summed E-state index contributed by atoms with van der Waals surface area (Å²) in [6.07, 6.45) is -2.93. The molecular weight excluding hydrogens is 251 g/mol. The first kappa shape index (κ1) is 13.3. The summed E-state index contributed by atoms with van der Waals surface area (Å²) in [5.41, 5.74) is 0.980. The third kappa shape index (κ3) is 3.22. The lowest BCUT2D eigenvalue weighted by Crippen LogP contribution is -2.04. The first-order chi connectivity index (χ1) is 8.98. The van der Waals surface area contributed by atoms with Crippen LogP contribution in [0.2, 0.25) is 0 Å². The zero-order chi connectivity index (χ0) is 13.9. The van der Waals surface area contributed by atoms with Crippen LogP contribution in [0.15, 0.2) is 53.5 Å². The molecule has 0 aliphatic carbocycles. The van der Waals surface area contributed by atoms with Gasteiger partial charge in [0.05, 0.1) is 11.3 Å². The molecule has 0 heterocycles. The fourth-order valence-electron chi connectivity index (χ4n) is 1.70. The summed E-state index contributed by atoms with van der Waals surface area (Å²) in [5.74, 6) is 0. The number of alkyl halides is 3. The number of rotatable bonds is 2. The third-order valence-corrected chi connectivity index (χ3v) is 2.74. The summed E-state index contributed by atoms with van der Waals surface area (Å²) in [6, 6.07) is 12.7. The number of nitrogens with zero attached hydrogens (tertiary/aromatic N) is 1. The van der Waals surface area contributed by atoms with Crippen molar-refractivity contribution in [2.24, 2.45) is 4.99 Å². The molecule has 0 fully saturated rings. The van der Waals surface area contributed by atoms with Crippen LogP contribution in [-0.4, -0.2) is 6.21 Å². The second kappa shape index (κ2) is 5.26. The molecule has 0 saturated carbocycles. The maximum atomic E-state index is 12.8. The topological polar surface area (TPSA) is 12.4 Å². The van der Waals surface area contributed by atoms with Crippen molar-refractivity contribution in [3.63, 3.8) is 0 Å². The standard InChI is InChI=1S/C15H12F3N/c1-11-6-2-3-7-12(11)10-19-14-9-5-4-8-13(14)15(16,17)18/h2-10H,1H3. The highest BCUT2D eigenvalue weighted by Crippen LogP contribution is 2.35. The second-order valence-corrected chi connectivity index (χ2v) is 4.13. The van der Waals surface area contributed by atoms with Crippen LogP contribution in [-0.2, 0) is 6.18 Å². The van der Waals surface area contributed by atoms with Crippen LogP contribution in [0.5, 0.6) is 0 Å². The maximum absolute atomic E-state index is 12.8. The van der Waals surface area contributed by atoms with Crippen LogP contribution in [0.25, 0.3) is 0 Å². The average Bonchev–Trinajstić information content (AvgIpc) is 2.37. The zero-order valence-corrected chi connectivity index (χ0v) is 10.3. The van der Waals surface area contributed by atoms with E-state index in [4.69, 9.17) is 0 Å². The molecule has 98 valence electrons. The lowest BCUT2D eigenvalue weighted by atomic mass is 10.1. The third-order valence-electron chi connectivity index (χ3n) is 2.74. The Morgan fingerprint density at radius 1 is 0.947 bits per heavy atom. The first-order valence-corrected chi connectivity index (χ1v) is 5.74. The Labute approximate surface area is 109 Å². The smallest absolute Gasteiger partial charge is 0.256 e. The normalized spacial score (nSPS) is 12.0. The highest BCUT2D eigenvalue weighted by molar-refractivity contribution is 5.84. The van der Waals surface area contributed by atoms with Crippen LogP contribution < -0.4 is 0 Å². The Morgan fingerprint density at radius 2 is 1.58 bits per heavy atom. The van der Waals surface area contributed by atoms with Gasteiger partial charge in [0.25, 0.3) is 0 Å². The molecule has 0 bridgehead atoms. The van der Waals surface area contributed by atoms with E-state index >= 15 is 0 Å². The van der Waals surface area contributed by atoms with Gasteiger partial charge in [0, 0.05) is 6.21 Å². The van der Waals surface area contributed by atoms with Crippen LogP contribution in [0.4, 0.5) is 18.9 Å². The highest BCUT2D eigenvalue weighted by Gasteiger charge is 2.32. The van der Waals surface area contributed by atoms with Gasteiger partial charge in [-0.15, -0.1) is 0 Å². The zero-order valence-electron chi connectivity index (χ0n) is 10.3. The Bertz CT molecular complexity index is 600. The van der Waals surface area contributed by atoms with Crippen molar-refractivity contribution >= 4 is 11.9 Å². The maximum Gasteiger partial charge on any atom is 0.418 e. The molecule has 0 aliphatic heterocycles. The molecule has 2 rings (SSSR count). The average molecular weight is 263 g/mol. The fraction of sp³-hybridized carbons (Fsp3) is 0.133. The summed E-state index contributed by atoms with van der Waals surface area (Å²) in [7, 11) is 0. The molecule has 0 saturated heterocycles. The summed E-state index contributed by atoms with van der Waals surface area (Å²) in [5, 5.41) is 0. The van der Waals surface area contributed by atoms with Gasteiger partial charge in [0.1, 0.15) is 0 Å². The summed E-state index contributed by atoms with van der Waals surface area (Å²) >= 11 is 0. The Morgan fingerprint density at radius 3 is 2.26 bits per heavy atom. The molecule has 0 radical (unpaired) electrons. The number of para-hydroxylation sites is 1. The Hall–Kier alpha value is -2.10. The van der Waals surface area contributed by atoms with Crippen LogP contribution in [0.1, 0.15) is 16.7 Å². The molecule has 2 aromatic rings. The molecule has 0 amide bonds. The number of halogens is 3.